The third kappa shape index (κ3) is 7.70. The van der Waals surface area contributed by atoms with Crippen molar-refractivity contribution in [1.82, 2.24) is 19.7 Å². The minimum absolute atomic E-state index is 0.0617. The van der Waals surface area contributed by atoms with E-state index < -0.39 is 48.4 Å². The van der Waals surface area contributed by atoms with E-state index >= 15 is 0 Å². The number of carboxylic acids is 1. The van der Waals surface area contributed by atoms with Crippen LogP contribution in [0.1, 0.15) is 22.3 Å². The van der Waals surface area contributed by atoms with E-state index in [4.69, 9.17) is 0 Å². The van der Waals surface area contributed by atoms with Crippen molar-refractivity contribution in [2.45, 2.75) is 24.7 Å². The van der Waals surface area contributed by atoms with Gasteiger partial charge in [-0.05, 0) is 36.8 Å². The number of aliphatic carboxylic acids is 1. The van der Waals surface area contributed by atoms with Crippen molar-refractivity contribution in [1.29, 1.82) is 0 Å². The average molecular weight is 528 g/mol. The highest BCUT2D eigenvalue weighted by atomic mass is 19.4. The molecule has 0 bridgehead atoms. The molecule has 9 nitrogen and oxygen atoms in total. The Kier molecular flexibility index (Phi) is 8.42. The van der Waals surface area contributed by atoms with Crippen molar-refractivity contribution >= 4 is 11.9 Å². The van der Waals surface area contributed by atoms with Gasteiger partial charge in [-0.25, -0.2) is 18.4 Å². The molecule has 3 aromatic rings. The fourth-order valence-electron chi connectivity index (χ4n) is 3.53. The molecule has 2 aromatic carbocycles. The van der Waals surface area contributed by atoms with E-state index in [9.17, 15) is 41.8 Å². The number of rotatable bonds is 11. The molecule has 2 N–H and O–H groups in total. The number of benzene rings is 2. The van der Waals surface area contributed by atoms with Crippen LogP contribution in [0.5, 0.6) is 5.75 Å². The summed E-state index contributed by atoms with van der Waals surface area (Å²) in [6, 6.07) is 7.09. The summed E-state index contributed by atoms with van der Waals surface area (Å²) < 4.78 is 70.8. The Morgan fingerprint density at radius 3 is 2.35 bits per heavy atom. The van der Waals surface area contributed by atoms with Crippen molar-refractivity contribution in [2.75, 3.05) is 19.7 Å². The van der Waals surface area contributed by atoms with Crippen LogP contribution in [-0.4, -0.2) is 67.6 Å². The monoisotopic (exact) mass is 528 g/mol. The molecule has 14 heteroatoms. The van der Waals surface area contributed by atoms with Crippen LogP contribution in [0.15, 0.2) is 55.1 Å². The van der Waals surface area contributed by atoms with Crippen LogP contribution in [0.2, 0.25) is 0 Å². The van der Waals surface area contributed by atoms with Gasteiger partial charge in [-0.15, -0.1) is 0 Å². The Balaban J connectivity index is 1.82. The Bertz CT molecular complexity index is 1220. The first-order valence-corrected chi connectivity index (χ1v) is 10.7. The minimum Gasteiger partial charge on any atom is -0.484 e. The van der Waals surface area contributed by atoms with Gasteiger partial charge in [0.25, 0.3) is 5.91 Å². The number of halogens is 5. The SMILES string of the molecule is O=C(O)CN(CCC(O)(Cn1cncn1)c1ccc(F)cc1F)C(=O)c1ccc(OCC(F)(F)F)cc1. The lowest BCUT2D eigenvalue weighted by Gasteiger charge is -2.31. The third-order valence-electron chi connectivity index (χ3n) is 5.24. The second kappa shape index (κ2) is 11.3. The number of hydrogen-bond donors (Lipinski definition) is 2. The van der Waals surface area contributed by atoms with Crippen LogP contribution in [0.3, 0.4) is 0 Å². The molecule has 3 rings (SSSR count). The molecule has 1 atom stereocenters. The van der Waals surface area contributed by atoms with E-state index in [1.54, 1.807) is 0 Å². The van der Waals surface area contributed by atoms with Crippen molar-refractivity contribution in [2.24, 2.45) is 0 Å². The average Bonchev–Trinajstić information content (AvgIpc) is 3.32. The molecule has 0 radical (unpaired) electrons. The van der Waals surface area contributed by atoms with Gasteiger partial charge in [0.15, 0.2) is 6.61 Å². The lowest BCUT2D eigenvalue weighted by atomic mass is 9.89. The van der Waals surface area contributed by atoms with Gasteiger partial charge in [0, 0.05) is 23.7 Å². The summed E-state index contributed by atoms with van der Waals surface area (Å²) in [4.78, 5) is 29.0. The number of hydrogen-bond acceptors (Lipinski definition) is 6. The van der Waals surface area contributed by atoms with Crippen LogP contribution >= 0.6 is 0 Å². The fraction of sp³-hybridized carbons (Fsp3) is 0.304. The van der Waals surface area contributed by atoms with Crippen LogP contribution in [-0.2, 0) is 16.9 Å². The summed E-state index contributed by atoms with van der Waals surface area (Å²) in [6.45, 7) is -3.07. The molecular formula is C23H21F5N4O5. The first kappa shape index (κ1) is 27.5. The standard InChI is InChI=1S/C23H21F5N4O5/c24-16-3-6-18(19(25)9-16)22(36,11-32-14-29-13-30-32)7-8-31(10-20(33)34)21(35)15-1-4-17(5-2-15)37-12-23(26,27)28/h1-6,9,13-14,36H,7-8,10-12H2,(H,33,34). The van der Waals surface area contributed by atoms with Crippen molar-refractivity contribution in [3.63, 3.8) is 0 Å². The second-order valence-corrected chi connectivity index (χ2v) is 8.05. The van der Waals surface area contributed by atoms with Crippen molar-refractivity contribution in [3.8, 4) is 5.75 Å². The van der Waals surface area contributed by atoms with E-state index in [0.29, 0.717) is 6.07 Å². The van der Waals surface area contributed by atoms with Crippen LogP contribution in [0.4, 0.5) is 22.0 Å². The molecule has 198 valence electrons. The Hall–Kier alpha value is -4.07. The summed E-state index contributed by atoms with van der Waals surface area (Å²) in [5.74, 6) is -4.30. The molecule has 0 aliphatic carbocycles. The Labute approximate surface area is 206 Å². The molecule has 0 saturated heterocycles. The molecule has 1 aromatic heterocycles. The maximum absolute atomic E-state index is 14.6. The van der Waals surface area contributed by atoms with Gasteiger partial charge in [-0.1, -0.05) is 6.07 Å². The topological polar surface area (TPSA) is 118 Å². The van der Waals surface area contributed by atoms with Gasteiger partial charge < -0.3 is 19.8 Å². The minimum atomic E-state index is -4.56. The fourth-order valence-corrected chi connectivity index (χ4v) is 3.53. The summed E-state index contributed by atoms with van der Waals surface area (Å²) in [6.07, 6.45) is -2.53. The number of carbonyl (C=O) groups excluding carboxylic acids is 1. The quantitative estimate of drug-likeness (QED) is 0.368. The highest BCUT2D eigenvalue weighted by Gasteiger charge is 2.35. The molecule has 0 aliphatic heterocycles. The van der Waals surface area contributed by atoms with Crippen LogP contribution < -0.4 is 4.74 Å². The number of nitrogens with zero attached hydrogens (tertiary/aromatic N) is 4. The molecule has 0 aliphatic rings. The molecule has 0 fully saturated rings. The highest BCUT2D eigenvalue weighted by molar-refractivity contribution is 5.96. The van der Waals surface area contributed by atoms with Crippen LogP contribution in [0, 0.1) is 11.6 Å². The molecular weight excluding hydrogens is 507 g/mol. The molecule has 1 unspecified atom stereocenters. The summed E-state index contributed by atoms with van der Waals surface area (Å²) in [7, 11) is 0. The van der Waals surface area contributed by atoms with Gasteiger partial charge in [0.1, 0.15) is 42.2 Å². The van der Waals surface area contributed by atoms with E-state index in [-0.39, 0.29) is 36.4 Å². The number of carboxylic acid groups (broad SMARTS) is 1. The van der Waals surface area contributed by atoms with Gasteiger partial charge in [-0.2, -0.15) is 18.3 Å². The lowest BCUT2D eigenvalue weighted by molar-refractivity contribution is -0.153. The van der Waals surface area contributed by atoms with Crippen molar-refractivity contribution in [3.05, 3.63) is 77.9 Å². The molecule has 0 spiro atoms. The largest absolute Gasteiger partial charge is 0.484 e. The zero-order chi connectivity index (χ0) is 27.2. The maximum Gasteiger partial charge on any atom is 0.422 e. The van der Waals surface area contributed by atoms with Gasteiger partial charge >= 0.3 is 12.1 Å². The van der Waals surface area contributed by atoms with Crippen LogP contribution in [0.25, 0.3) is 0 Å². The number of carbonyl (C=O) groups is 2. The van der Waals surface area contributed by atoms with E-state index in [1.165, 1.54) is 17.3 Å². The number of amides is 1. The second-order valence-electron chi connectivity index (χ2n) is 8.05. The third-order valence-corrected chi connectivity index (χ3v) is 5.24. The number of aromatic nitrogens is 3. The van der Waals surface area contributed by atoms with E-state index in [2.05, 4.69) is 14.8 Å². The maximum atomic E-state index is 14.6. The molecule has 1 heterocycles. The predicted octanol–water partition coefficient (Wildman–Crippen LogP) is 3.00. The molecule has 1 amide bonds. The van der Waals surface area contributed by atoms with Crippen molar-refractivity contribution < 1.29 is 46.5 Å². The smallest absolute Gasteiger partial charge is 0.422 e. The van der Waals surface area contributed by atoms with E-state index in [1.807, 2.05) is 0 Å². The van der Waals surface area contributed by atoms with Gasteiger partial charge in [0.2, 0.25) is 0 Å². The summed E-state index contributed by atoms with van der Waals surface area (Å²) in [5.41, 5.74) is -2.43. The zero-order valence-electron chi connectivity index (χ0n) is 19.0. The van der Waals surface area contributed by atoms with E-state index in [0.717, 1.165) is 41.3 Å². The normalized spacial score (nSPS) is 13.1. The molecule has 37 heavy (non-hydrogen) atoms. The zero-order valence-corrected chi connectivity index (χ0v) is 19.0. The van der Waals surface area contributed by atoms with Gasteiger partial charge in [0.05, 0.1) is 6.54 Å². The number of alkyl halides is 3. The highest BCUT2D eigenvalue weighted by Crippen LogP contribution is 2.30. The summed E-state index contributed by atoms with van der Waals surface area (Å²) in [5, 5.41) is 24.5. The first-order valence-electron chi connectivity index (χ1n) is 10.7. The number of ether oxygens (including phenoxy) is 1. The number of aliphatic hydroxyl groups is 1. The summed E-state index contributed by atoms with van der Waals surface area (Å²) >= 11 is 0. The Morgan fingerprint density at radius 1 is 1.08 bits per heavy atom. The lowest BCUT2D eigenvalue weighted by Crippen LogP contribution is -2.41. The first-order chi connectivity index (χ1) is 17.4. The molecule has 0 saturated carbocycles. The Morgan fingerprint density at radius 2 is 1.78 bits per heavy atom. The van der Waals surface area contributed by atoms with Gasteiger partial charge in [-0.3, -0.25) is 9.59 Å². The predicted molar refractivity (Wildman–Crippen MR) is 116 cm³/mol.